The second-order valence-electron chi connectivity index (χ2n) is 13.5. The third-order valence-electron chi connectivity index (χ3n) is 10.7. The number of rotatable bonds is 4. The molecule has 2 heteroatoms. The molecule has 2 heterocycles. The minimum absolute atomic E-state index is 0.776. The van der Waals surface area contributed by atoms with Crippen molar-refractivity contribution < 1.29 is 8.83 Å². The van der Waals surface area contributed by atoms with Crippen LogP contribution in [0.3, 0.4) is 0 Å². The summed E-state index contributed by atoms with van der Waals surface area (Å²) in [5, 5.41) is 9.04. The first kappa shape index (κ1) is 28.9. The van der Waals surface area contributed by atoms with Crippen LogP contribution in [0.2, 0.25) is 0 Å². The lowest BCUT2D eigenvalue weighted by molar-refractivity contribution is 0.633. The Labute approximate surface area is 299 Å². The van der Waals surface area contributed by atoms with Crippen LogP contribution >= 0.6 is 0 Å². The van der Waals surface area contributed by atoms with Gasteiger partial charge in [-0.05, 0) is 90.3 Å². The van der Waals surface area contributed by atoms with Gasteiger partial charge in [0.1, 0.15) is 11.2 Å². The SMILES string of the molecule is c1ccc(-c2ccccc2-c2cc3oc4c(ccc5c4oc4cc(-c6ccccc6-c6ccccc6)c6ccccc6c45)c3c3ccccc23)cc1. The molecule has 242 valence electrons. The quantitative estimate of drug-likeness (QED) is 0.187. The highest BCUT2D eigenvalue weighted by molar-refractivity contribution is 6.29. The zero-order valence-electron chi connectivity index (χ0n) is 28.1. The molecule has 0 aliphatic rings. The molecule has 0 amide bonds. The molecule has 52 heavy (non-hydrogen) atoms. The first-order chi connectivity index (χ1) is 25.8. The molecule has 2 nitrogen and oxygen atoms in total. The molecule has 0 aliphatic carbocycles. The summed E-state index contributed by atoms with van der Waals surface area (Å²) in [6, 6.07) is 64.8. The molecule has 0 radical (unpaired) electrons. The fraction of sp³-hybridized carbons (Fsp3) is 0. The van der Waals surface area contributed by atoms with Gasteiger partial charge in [-0.3, -0.25) is 0 Å². The molecule has 0 saturated heterocycles. The fourth-order valence-corrected chi connectivity index (χ4v) is 8.42. The van der Waals surface area contributed by atoms with Crippen LogP contribution < -0.4 is 0 Å². The van der Waals surface area contributed by atoms with E-state index in [9.17, 15) is 0 Å². The van der Waals surface area contributed by atoms with Crippen molar-refractivity contribution in [3.63, 3.8) is 0 Å². The van der Waals surface area contributed by atoms with Gasteiger partial charge in [0.15, 0.2) is 11.2 Å². The van der Waals surface area contributed by atoms with Gasteiger partial charge < -0.3 is 8.83 Å². The van der Waals surface area contributed by atoms with Crippen LogP contribution in [-0.2, 0) is 0 Å². The van der Waals surface area contributed by atoms with Crippen LogP contribution in [0, 0.1) is 0 Å². The van der Waals surface area contributed by atoms with Gasteiger partial charge in [0, 0.05) is 21.5 Å². The molecule has 0 spiro atoms. The molecule has 0 fully saturated rings. The zero-order chi connectivity index (χ0) is 34.2. The summed E-state index contributed by atoms with van der Waals surface area (Å²) in [5.41, 5.74) is 12.7. The molecule has 0 N–H and O–H groups in total. The summed E-state index contributed by atoms with van der Waals surface area (Å²) >= 11 is 0. The van der Waals surface area contributed by atoms with E-state index in [1.165, 1.54) is 44.2 Å². The molecule has 0 aliphatic heterocycles. The number of benzene rings is 9. The largest absolute Gasteiger partial charge is 0.452 e. The summed E-state index contributed by atoms with van der Waals surface area (Å²) < 4.78 is 13.8. The van der Waals surface area contributed by atoms with Gasteiger partial charge >= 0.3 is 0 Å². The van der Waals surface area contributed by atoms with E-state index in [0.29, 0.717) is 0 Å². The number of fused-ring (bicyclic) bond motifs is 11. The van der Waals surface area contributed by atoms with E-state index < -0.39 is 0 Å². The highest BCUT2D eigenvalue weighted by Crippen LogP contribution is 2.47. The molecule has 0 atom stereocenters. The molecule has 0 bridgehead atoms. The molecular formula is C50H30O2. The molecule has 11 aromatic rings. The van der Waals surface area contributed by atoms with Crippen molar-refractivity contribution in [3.8, 4) is 44.5 Å². The Morgan fingerprint density at radius 1 is 0.250 bits per heavy atom. The van der Waals surface area contributed by atoms with Crippen molar-refractivity contribution in [1.29, 1.82) is 0 Å². The lowest BCUT2D eigenvalue weighted by atomic mass is 9.89. The molecule has 11 rings (SSSR count). The molecule has 0 unspecified atom stereocenters. The number of hydrogen-bond donors (Lipinski definition) is 0. The first-order valence-electron chi connectivity index (χ1n) is 17.8. The van der Waals surface area contributed by atoms with Crippen molar-refractivity contribution >= 4 is 65.4 Å². The number of furan rings is 2. The van der Waals surface area contributed by atoms with Crippen molar-refractivity contribution in [2.24, 2.45) is 0 Å². The minimum Gasteiger partial charge on any atom is -0.452 e. The Kier molecular flexibility index (Phi) is 6.28. The normalized spacial score (nSPS) is 11.8. The zero-order valence-corrected chi connectivity index (χ0v) is 28.1. The third kappa shape index (κ3) is 4.25. The van der Waals surface area contributed by atoms with Gasteiger partial charge in [-0.15, -0.1) is 0 Å². The van der Waals surface area contributed by atoms with Crippen LogP contribution in [0.1, 0.15) is 0 Å². The van der Waals surface area contributed by atoms with E-state index in [0.717, 1.165) is 65.8 Å². The Bertz CT molecular complexity index is 2950. The summed E-state index contributed by atoms with van der Waals surface area (Å²) in [4.78, 5) is 0. The van der Waals surface area contributed by atoms with Gasteiger partial charge in [0.2, 0.25) is 0 Å². The van der Waals surface area contributed by atoms with E-state index in [1.54, 1.807) is 0 Å². The summed E-state index contributed by atoms with van der Waals surface area (Å²) in [6.45, 7) is 0. The van der Waals surface area contributed by atoms with E-state index in [-0.39, 0.29) is 0 Å². The van der Waals surface area contributed by atoms with Crippen molar-refractivity contribution in [2.45, 2.75) is 0 Å². The third-order valence-corrected chi connectivity index (χ3v) is 10.7. The van der Waals surface area contributed by atoms with Crippen LogP contribution in [0.25, 0.3) is 110 Å². The summed E-state index contributed by atoms with van der Waals surface area (Å²) in [6.07, 6.45) is 0. The van der Waals surface area contributed by atoms with Crippen molar-refractivity contribution in [3.05, 3.63) is 182 Å². The maximum atomic E-state index is 6.92. The van der Waals surface area contributed by atoms with E-state index in [4.69, 9.17) is 8.83 Å². The second kappa shape index (κ2) is 11.3. The maximum Gasteiger partial charge on any atom is 0.178 e. The Morgan fingerprint density at radius 3 is 1.02 bits per heavy atom. The van der Waals surface area contributed by atoms with Gasteiger partial charge in [-0.1, -0.05) is 158 Å². The van der Waals surface area contributed by atoms with Crippen molar-refractivity contribution in [2.75, 3.05) is 0 Å². The average Bonchev–Trinajstić information content (AvgIpc) is 3.80. The monoisotopic (exact) mass is 662 g/mol. The van der Waals surface area contributed by atoms with Crippen LogP contribution in [0.4, 0.5) is 0 Å². The number of hydrogen-bond acceptors (Lipinski definition) is 2. The molecule has 0 saturated carbocycles. The van der Waals surface area contributed by atoms with Gasteiger partial charge in [0.25, 0.3) is 0 Å². The highest BCUT2D eigenvalue weighted by Gasteiger charge is 2.22. The maximum absolute atomic E-state index is 6.92. The average molecular weight is 663 g/mol. The topological polar surface area (TPSA) is 26.3 Å². The molecule has 2 aromatic heterocycles. The summed E-state index contributed by atoms with van der Waals surface area (Å²) in [7, 11) is 0. The Morgan fingerprint density at radius 2 is 0.596 bits per heavy atom. The second-order valence-corrected chi connectivity index (χ2v) is 13.5. The fourth-order valence-electron chi connectivity index (χ4n) is 8.42. The Hall–Kier alpha value is -6.90. The lowest BCUT2D eigenvalue weighted by Gasteiger charge is -2.13. The smallest absolute Gasteiger partial charge is 0.178 e. The predicted molar refractivity (Wildman–Crippen MR) is 218 cm³/mol. The van der Waals surface area contributed by atoms with Crippen LogP contribution in [0.5, 0.6) is 0 Å². The van der Waals surface area contributed by atoms with E-state index in [1.807, 2.05) is 0 Å². The molecular weight excluding hydrogens is 633 g/mol. The Balaban J connectivity index is 1.19. The highest BCUT2D eigenvalue weighted by atomic mass is 16.4. The van der Waals surface area contributed by atoms with Gasteiger partial charge in [0.05, 0.1) is 0 Å². The van der Waals surface area contributed by atoms with Crippen molar-refractivity contribution in [1.82, 2.24) is 0 Å². The predicted octanol–water partition coefficient (Wildman–Crippen LogP) is 14.5. The molecule has 9 aromatic carbocycles. The first-order valence-corrected chi connectivity index (χ1v) is 17.8. The standard InChI is InChI=1S/C50H30O2/c1-3-15-31(16-4-1)33-19-7-9-21-35(33)43-29-45-47(39-25-13-11-23-37(39)43)41-27-28-42-48-40-26-14-12-24-38(40)44(30-46(48)52-50(42)49(41)51-45)36-22-10-8-20-34(36)32-17-5-2-6-18-32/h1-30H. The van der Waals surface area contributed by atoms with Crippen LogP contribution in [0.15, 0.2) is 191 Å². The minimum atomic E-state index is 0.776. The summed E-state index contributed by atoms with van der Waals surface area (Å²) in [5.74, 6) is 0. The van der Waals surface area contributed by atoms with E-state index in [2.05, 4.69) is 182 Å². The van der Waals surface area contributed by atoms with Gasteiger partial charge in [-0.2, -0.15) is 0 Å². The van der Waals surface area contributed by atoms with Gasteiger partial charge in [-0.25, -0.2) is 0 Å². The van der Waals surface area contributed by atoms with Crippen LogP contribution in [-0.4, -0.2) is 0 Å². The lowest BCUT2D eigenvalue weighted by Crippen LogP contribution is -1.87. The van der Waals surface area contributed by atoms with E-state index >= 15 is 0 Å².